The number of nitrogens with zero attached hydrogens (tertiary/aromatic N) is 5. The van der Waals surface area contributed by atoms with Crippen LogP contribution in [0.3, 0.4) is 0 Å². The number of nitrogen functional groups attached to an aromatic ring is 1. The number of pyridine rings is 1. The van der Waals surface area contributed by atoms with Crippen LogP contribution >= 0.6 is 0 Å². The van der Waals surface area contributed by atoms with E-state index in [1.807, 2.05) is 58.5 Å². The summed E-state index contributed by atoms with van der Waals surface area (Å²) in [5, 5.41) is 14.0. The number of aryl methyl sites for hydroxylation is 1. The lowest BCUT2D eigenvalue weighted by atomic mass is 9.93. The van der Waals surface area contributed by atoms with Gasteiger partial charge in [0.1, 0.15) is 29.8 Å². The first-order valence-corrected chi connectivity index (χ1v) is 8.98. The zero-order valence-electron chi connectivity index (χ0n) is 16.6. The van der Waals surface area contributed by atoms with Crippen molar-refractivity contribution in [3.63, 3.8) is 0 Å². The van der Waals surface area contributed by atoms with Gasteiger partial charge in [-0.2, -0.15) is 10.4 Å². The molecular formula is C21H24N6O. The number of ether oxygens (including phenoxy) is 1. The molecule has 2 heterocycles. The average Bonchev–Trinajstić information content (AvgIpc) is 3.09. The van der Waals surface area contributed by atoms with E-state index in [9.17, 15) is 5.26 Å². The van der Waals surface area contributed by atoms with Crippen molar-refractivity contribution in [2.75, 3.05) is 33.0 Å². The number of hydrogen-bond donors (Lipinski definition) is 1. The first-order chi connectivity index (χ1) is 13.4. The van der Waals surface area contributed by atoms with Gasteiger partial charge in [0.2, 0.25) is 0 Å². The van der Waals surface area contributed by atoms with Crippen LogP contribution in [0.2, 0.25) is 0 Å². The van der Waals surface area contributed by atoms with Crippen LogP contribution in [0.4, 0.5) is 5.82 Å². The molecule has 0 spiro atoms. The standard InChI is InChI=1S/C21H24N6O/c1-14-19(16-7-5-6-8-18(16)28-10-9-26(2)3)17(11-22)21(23)25-20(14)15-12-24-27(4)13-15/h5-8,12-13H,9-10H2,1-4H3,(H2,23,25). The predicted molar refractivity (Wildman–Crippen MR) is 110 cm³/mol. The molecule has 0 amide bonds. The Balaban J connectivity index is 2.16. The highest BCUT2D eigenvalue weighted by atomic mass is 16.5. The Hall–Kier alpha value is -3.37. The van der Waals surface area contributed by atoms with Crippen LogP contribution in [0.5, 0.6) is 5.75 Å². The first kappa shape index (κ1) is 19.4. The van der Waals surface area contributed by atoms with Gasteiger partial charge in [0, 0.05) is 36.5 Å². The van der Waals surface area contributed by atoms with Crippen LogP contribution in [0.15, 0.2) is 36.7 Å². The minimum atomic E-state index is 0.199. The van der Waals surface area contributed by atoms with Gasteiger partial charge >= 0.3 is 0 Å². The molecule has 0 aliphatic carbocycles. The highest BCUT2D eigenvalue weighted by molar-refractivity contribution is 5.86. The fourth-order valence-corrected chi connectivity index (χ4v) is 3.11. The fraction of sp³-hybridized carbons (Fsp3) is 0.286. The van der Waals surface area contributed by atoms with E-state index in [2.05, 4.69) is 21.1 Å². The molecule has 0 unspecified atom stereocenters. The second-order valence-corrected chi connectivity index (χ2v) is 6.88. The Morgan fingerprint density at radius 3 is 2.68 bits per heavy atom. The van der Waals surface area contributed by atoms with Gasteiger partial charge in [-0.05, 0) is 32.6 Å². The van der Waals surface area contributed by atoms with Crippen LogP contribution in [0, 0.1) is 18.3 Å². The highest BCUT2D eigenvalue weighted by Crippen LogP contribution is 2.39. The Morgan fingerprint density at radius 1 is 1.29 bits per heavy atom. The predicted octanol–water partition coefficient (Wildman–Crippen LogP) is 2.85. The van der Waals surface area contributed by atoms with Crippen molar-refractivity contribution in [3.05, 3.63) is 47.8 Å². The summed E-state index contributed by atoms with van der Waals surface area (Å²) in [6.45, 7) is 3.28. The molecular weight excluding hydrogens is 352 g/mol. The molecule has 0 aliphatic heterocycles. The van der Waals surface area contributed by atoms with Gasteiger partial charge in [0.15, 0.2) is 0 Å². The van der Waals surface area contributed by atoms with E-state index in [0.29, 0.717) is 23.6 Å². The van der Waals surface area contributed by atoms with Crippen molar-refractivity contribution in [2.45, 2.75) is 6.92 Å². The zero-order valence-corrected chi connectivity index (χ0v) is 16.6. The molecule has 0 bridgehead atoms. The second-order valence-electron chi connectivity index (χ2n) is 6.88. The zero-order chi connectivity index (χ0) is 20.3. The van der Waals surface area contributed by atoms with Crippen molar-refractivity contribution >= 4 is 5.82 Å². The van der Waals surface area contributed by atoms with E-state index in [1.54, 1.807) is 10.9 Å². The summed E-state index contributed by atoms with van der Waals surface area (Å²) in [5.41, 5.74) is 10.5. The molecule has 0 atom stereocenters. The van der Waals surface area contributed by atoms with Crippen molar-refractivity contribution in [1.82, 2.24) is 19.7 Å². The smallest absolute Gasteiger partial charge is 0.142 e. The quantitative estimate of drug-likeness (QED) is 0.711. The molecule has 2 N–H and O–H groups in total. The van der Waals surface area contributed by atoms with Crippen molar-refractivity contribution in [1.29, 1.82) is 5.26 Å². The van der Waals surface area contributed by atoms with Crippen LogP contribution < -0.4 is 10.5 Å². The Labute approximate surface area is 165 Å². The van der Waals surface area contributed by atoms with Crippen LogP contribution in [-0.4, -0.2) is 46.9 Å². The van der Waals surface area contributed by atoms with E-state index in [-0.39, 0.29) is 5.82 Å². The van der Waals surface area contributed by atoms with Gasteiger partial charge in [0.25, 0.3) is 0 Å². The molecule has 144 valence electrons. The molecule has 0 saturated carbocycles. The molecule has 2 aromatic heterocycles. The van der Waals surface area contributed by atoms with E-state index in [1.165, 1.54) is 0 Å². The largest absolute Gasteiger partial charge is 0.492 e. The summed E-state index contributed by atoms with van der Waals surface area (Å²) < 4.78 is 7.73. The monoisotopic (exact) mass is 376 g/mol. The summed E-state index contributed by atoms with van der Waals surface area (Å²) in [5.74, 6) is 0.914. The maximum Gasteiger partial charge on any atom is 0.142 e. The number of aromatic nitrogens is 3. The molecule has 0 fully saturated rings. The number of rotatable bonds is 6. The lowest BCUT2D eigenvalue weighted by Crippen LogP contribution is -2.19. The number of nitriles is 1. The van der Waals surface area contributed by atoms with E-state index < -0.39 is 0 Å². The molecule has 3 rings (SSSR count). The topological polar surface area (TPSA) is 93.0 Å². The SMILES string of the molecule is Cc1c(-c2cnn(C)c2)nc(N)c(C#N)c1-c1ccccc1OCCN(C)C. The van der Waals surface area contributed by atoms with Crippen molar-refractivity contribution < 1.29 is 4.74 Å². The Kier molecular flexibility index (Phi) is 5.62. The van der Waals surface area contributed by atoms with Gasteiger partial charge in [-0.25, -0.2) is 4.98 Å². The third-order valence-electron chi connectivity index (χ3n) is 4.51. The molecule has 7 heteroatoms. The molecule has 28 heavy (non-hydrogen) atoms. The molecule has 0 saturated heterocycles. The Bertz CT molecular complexity index is 1030. The van der Waals surface area contributed by atoms with Crippen LogP contribution in [0.1, 0.15) is 11.1 Å². The minimum absolute atomic E-state index is 0.199. The van der Waals surface area contributed by atoms with Gasteiger partial charge in [-0.1, -0.05) is 18.2 Å². The van der Waals surface area contributed by atoms with Gasteiger partial charge in [-0.3, -0.25) is 4.68 Å². The summed E-state index contributed by atoms with van der Waals surface area (Å²) in [6.07, 6.45) is 3.62. The lowest BCUT2D eigenvalue weighted by molar-refractivity contribution is 0.262. The third-order valence-corrected chi connectivity index (χ3v) is 4.51. The first-order valence-electron chi connectivity index (χ1n) is 8.98. The average molecular weight is 376 g/mol. The molecule has 7 nitrogen and oxygen atoms in total. The molecule has 0 aliphatic rings. The number of hydrogen-bond acceptors (Lipinski definition) is 6. The fourth-order valence-electron chi connectivity index (χ4n) is 3.11. The number of anilines is 1. The number of nitrogens with two attached hydrogens (primary N) is 1. The van der Waals surface area contributed by atoms with Gasteiger partial charge in [-0.15, -0.1) is 0 Å². The van der Waals surface area contributed by atoms with Crippen molar-refractivity contribution in [3.8, 4) is 34.2 Å². The molecule has 1 aromatic carbocycles. The van der Waals surface area contributed by atoms with E-state index in [0.717, 1.165) is 28.8 Å². The summed E-state index contributed by atoms with van der Waals surface area (Å²) in [4.78, 5) is 6.54. The normalized spacial score (nSPS) is 10.9. The van der Waals surface area contributed by atoms with E-state index >= 15 is 0 Å². The summed E-state index contributed by atoms with van der Waals surface area (Å²) in [7, 11) is 5.84. The van der Waals surface area contributed by atoms with Crippen LogP contribution in [-0.2, 0) is 7.05 Å². The number of benzene rings is 1. The maximum absolute atomic E-state index is 9.76. The number of likely N-dealkylation sites (N-methyl/N-ethyl adjacent to an activating group) is 1. The minimum Gasteiger partial charge on any atom is -0.492 e. The summed E-state index contributed by atoms with van der Waals surface area (Å²) >= 11 is 0. The van der Waals surface area contributed by atoms with Crippen LogP contribution in [0.25, 0.3) is 22.4 Å². The second kappa shape index (κ2) is 8.11. The highest BCUT2D eigenvalue weighted by Gasteiger charge is 2.21. The molecule has 0 radical (unpaired) electrons. The Morgan fingerprint density at radius 2 is 2.04 bits per heavy atom. The summed E-state index contributed by atoms with van der Waals surface area (Å²) in [6, 6.07) is 9.92. The van der Waals surface area contributed by atoms with Gasteiger partial charge < -0.3 is 15.4 Å². The van der Waals surface area contributed by atoms with Gasteiger partial charge in [0.05, 0.1) is 11.9 Å². The maximum atomic E-state index is 9.76. The molecule has 3 aromatic rings. The number of para-hydroxylation sites is 1. The van der Waals surface area contributed by atoms with E-state index in [4.69, 9.17) is 10.5 Å². The third kappa shape index (κ3) is 3.82. The lowest BCUT2D eigenvalue weighted by Gasteiger charge is -2.18. The van der Waals surface area contributed by atoms with Crippen molar-refractivity contribution in [2.24, 2.45) is 7.05 Å².